The van der Waals surface area contributed by atoms with Gasteiger partial charge in [-0.3, -0.25) is 0 Å². The molecule has 0 aliphatic heterocycles. The first-order valence-electron chi connectivity index (χ1n) is 6.84. The third-order valence-corrected chi connectivity index (χ3v) is 3.05. The molecule has 0 atom stereocenters. The predicted octanol–water partition coefficient (Wildman–Crippen LogP) is 3.28. The number of nitrogens with zero attached hydrogens (tertiary/aromatic N) is 4. The molecule has 2 heterocycles. The number of aryl methyl sites for hydroxylation is 1. The van der Waals surface area contributed by atoms with Crippen molar-refractivity contribution in [2.75, 3.05) is 5.43 Å². The van der Waals surface area contributed by atoms with Gasteiger partial charge in [0.25, 0.3) is 5.95 Å². The molecule has 0 spiro atoms. The van der Waals surface area contributed by atoms with E-state index in [0.29, 0.717) is 17.4 Å². The van der Waals surface area contributed by atoms with E-state index in [0.717, 1.165) is 17.0 Å². The van der Waals surface area contributed by atoms with Crippen LogP contribution >= 0.6 is 0 Å². The second-order valence-corrected chi connectivity index (χ2v) is 4.75. The molecule has 0 bridgehead atoms. The number of hydrogen-bond acceptors (Lipinski definition) is 6. The molecule has 0 saturated heterocycles. The molecule has 0 radical (unpaired) electrons. The summed E-state index contributed by atoms with van der Waals surface area (Å²) in [5.41, 5.74) is 5.23. The predicted molar refractivity (Wildman–Crippen MR) is 84.5 cm³/mol. The maximum absolute atomic E-state index is 5.50. The molecule has 0 saturated carbocycles. The Balaban J connectivity index is 1.79. The number of rotatable bonds is 4. The summed E-state index contributed by atoms with van der Waals surface area (Å²) in [6.45, 7) is 3.74. The summed E-state index contributed by atoms with van der Waals surface area (Å²) in [4.78, 5) is 4.39. The molecule has 0 aliphatic rings. The average Bonchev–Trinajstić information content (AvgIpc) is 3.00. The molecule has 110 valence electrons. The van der Waals surface area contributed by atoms with Gasteiger partial charge in [-0.2, -0.15) is 10.2 Å². The number of benzene rings is 1. The third-order valence-electron chi connectivity index (χ3n) is 3.05. The minimum atomic E-state index is 0.337. The maximum Gasteiger partial charge on any atom is 0.263 e. The number of nitrogens with one attached hydrogen (secondary N) is 1. The fourth-order valence-corrected chi connectivity index (χ4v) is 1.92. The van der Waals surface area contributed by atoms with Crippen LogP contribution in [0.4, 0.5) is 5.95 Å². The average molecular weight is 293 g/mol. The normalized spacial score (nSPS) is 11.5. The van der Waals surface area contributed by atoms with Gasteiger partial charge in [0, 0.05) is 5.56 Å². The first kappa shape index (κ1) is 13.9. The quantitative estimate of drug-likeness (QED) is 0.590. The molecule has 0 amide bonds. The second-order valence-electron chi connectivity index (χ2n) is 4.75. The van der Waals surface area contributed by atoms with E-state index in [1.165, 1.54) is 0 Å². The molecular formula is C16H15N5O. The van der Waals surface area contributed by atoms with Gasteiger partial charge in [0.2, 0.25) is 0 Å². The highest BCUT2D eigenvalue weighted by Gasteiger charge is 2.05. The molecule has 0 unspecified atom stereocenters. The van der Waals surface area contributed by atoms with Crippen LogP contribution in [0.5, 0.6) is 0 Å². The minimum absolute atomic E-state index is 0.337. The summed E-state index contributed by atoms with van der Waals surface area (Å²) in [6.07, 6.45) is 1.62. The first-order chi connectivity index (χ1) is 10.7. The van der Waals surface area contributed by atoms with Crippen LogP contribution in [0.15, 0.2) is 58.2 Å². The molecule has 2 aromatic heterocycles. The van der Waals surface area contributed by atoms with Crippen molar-refractivity contribution in [3.63, 3.8) is 0 Å². The van der Waals surface area contributed by atoms with E-state index >= 15 is 0 Å². The zero-order valence-corrected chi connectivity index (χ0v) is 12.3. The second kappa shape index (κ2) is 6.17. The van der Waals surface area contributed by atoms with Crippen molar-refractivity contribution in [2.24, 2.45) is 5.10 Å². The van der Waals surface area contributed by atoms with Crippen LogP contribution in [-0.2, 0) is 0 Å². The Morgan fingerprint density at radius 1 is 1.14 bits per heavy atom. The van der Waals surface area contributed by atoms with E-state index in [1.54, 1.807) is 6.20 Å². The van der Waals surface area contributed by atoms with Crippen LogP contribution < -0.4 is 5.43 Å². The van der Waals surface area contributed by atoms with Crippen molar-refractivity contribution in [1.29, 1.82) is 0 Å². The van der Waals surface area contributed by atoms with Gasteiger partial charge in [-0.1, -0.05) is 30.3 Å². The smallest absolute Gasteiger partial charge is 0.263 e. The number of aromatic nitrogens is 3. The SMILES string of the molecule is CC(=NNc1nncc(-c2ccccc2)n1)c1ccc(C)o1. The lowest BCUT2D eigenvalue weighted by molar-refractivity contribution is 0.525. The summed E-state index contributed by atoms with van der Waals surface area (Å²) < 4.78 is 5.50. The summed E-state index contributed by atoms with van der Waals surface area (Å²) in [7, 11) is 0. The van der Waals surface area contributed by atoms with Gasteiger partial charge >= 0.3 is 0 Å². The lowest BCUT2D eigenvalue weighted by atomic mass is 10.2. The van der Waals surface area contributed by atoms with Gasteiger partial charge in [-0.05, 0) is 26.0 Å². The van der Waals surface area contributed by atoms with E-state index in [4.69, 9.17) is 4.42 Å². The van der Waals surface area contributed by atoms with Crippen molar-refractivity contribution < 1.29 is 4.42 Å². The van der Waals surface area contributed by atoms with E-state index in [2.05, 4.69) is 25.7 Å². The van der Waals surface area contributed by atoms with Crippen LogP contribution in [0.2, 0.25) is 0 Å². The van der Waals surface area contributed by atoms with Gasteiger partial charge in [0.05, 0.1) is 11.9 Å². The molecule has 22 heavy (non-hydrogen) atoms. The Hall–Kier alpha value is -3.02. The van der Waals surface area contributed by atoms with Crippen molar-refractivity contribution in [2.45, 2.75) is 13.8 Å². The van der Waals surface area contributed by atoms with Crippen LogP contribution in [-0.4, -0.2) is 20.9 Å². The van der Waals surface area contributed by atoms with Crippen LogP contribution in [0.3, 0.4) is 0 Å². The first-order valence-corrected chi connectivity index (χ1v) is 6.84. The number of furan rings is 1. The minimum Gasteiger partial charge on any atom is -0.460 e. The Bertz CT molecular complexity index is 795. The fourth-order valence-electron chi connectivity index (χ4n) is 1.92. The molecule has 3 rings (SSSR count). The van der Waals surface area contributed by atoms with Crippen molar-refractivity contribution in [3.05, 3.63) is 60.2 Å². The summed E-state index contributed by atoms with van der Waals surface area (Å²) in [5, 5.41) is 12.1. The Morgan fingerprint density at radius 2 is 1.95 bits per heavy atom. The van der Waals surface area contributed by atoms with E-state index in [-0.39, 0.29) is 0 Å². The van der Waals surface area contributed by atoms with Gasteiger partial charge in [-0.15, -0.1) is 5.10 Å². The highest BCUT2D eigenvalue weighted by Crippen LogP contribution is 2.15. The van der Waals surface area contributed by atoms with Crippen LogP contribution in [0.1, 0.15) is 18.4 Å². The van der Waals surface area contributed by atoms with Crippen LogP contribution in [0.25, 0.3) is 11.3 Å². The van der Waals surface area contributed by atoms with Crippen LogP contribution in [0, 0.1) is 6.92 Å². The van der Waals surface area contributed by atoms with Crippen molar-refractivity contribution in [1.82, 2.24) is 15.2 Å². The summed E-state index contributed by atoms with van der Waals surface area (Å²) in [5.74, 6) is 1.88. The zero-order valence-electron chi connectivity index (χ0n) is 12.3. The van der Waals surface area contributed by atoms with E-state index in [9.17, 15) is 0 Å². The Labute approximate surface area is 127 Å². The molecule has 3 aromatic rings. The molecule has 1 N–H and O–H groups in total. The fraction of sp³-hybridized carbons (Fsp3) is 0.125. The molecule has 1 aromatic carbocycles. The van der Waals surface area contributed by atoms with Gasteiger partial charge in [-0.25, -0.2) is 10.4 Å². The maximum atomic E-state index is 5.50. The lowest BCUT2D eigenvalue weighted by Gasteiger charge is -2.02. The van der Waals surface area contributed by atoms with Crippen molar-refractivity contribution >= 4 is 11.7 Å². The highest BCUT2D eigenvalue weighted by atomic mass is 16.3. The molecule has 0 aliphatic carbocycles. The molecule has 0 fully saturated rings. The van der Waals surface area contributed by atoms with Gasteiger partial charge in [0.1, 0.15) is 17.2 Å². The molecular weight excluding hydrogens is 278 g/mol. The Morgan fingerprint density at radius 3 is 2.68 bits per heavy atom. The third kappa shape index (κ3) is 3.17. The number of hydrazone groups is 1. The number of hydrogen-bond donors (Lipinski definition) is 1. The lowest BCUT2D eigenvalue weighted by Crippen LogP contribution is -2.03. The number of anilines is 1. The largest absolute Gasteiger partial charge is 0.460 e. The monoisotopic (exact) mass is 293 g/mol. The Kier molecular flexibility index (Phi) is 3.91. The highest BCUT2D eigenvalue weighted by molar-refractivity contribution is 5.96. The zero-order chi connectivity index (χ0) is 15.4. The van der Waals surface area contributed by atoms with Gasteiger partial charge in [0.15, 0.2) is 0 Å². The van der Waals surface area contributed by atoms with Gasteiger partial charge < -0.3 is 4.42 Å². The standard InChI is InChI=1S/C16H15N5O/c1-11-8-9-15(22-11)12(2)19-21-16-18-14(10-17-20-16)13-6-4-3-5-7-13/h3-10H,1-2H3,(H,18,20,21). The molecule has 6 nitrogen and oxygen atoms in total. The summed E-state index contributed by atoms with van der Waals surface area (Å²) in [6, 6.07) is 13.5. The summed E-state index contributed by atoms with van der Waals surface area (Å²) >= 11 is 0. The van der Waals surface area contributed by atoms with E-state index in [1.807, 2.05) is 56.3 Å². The van der Waals surface area contributed by atoms with Crippen molar-refractivity contribution in [3.8, 4) is 11.3 Å². The topological polar surface area (TPSA) is 76.2 Å². The van der Waals surface area contributed by atoms with E-state index < -0.39 is 0 Å². The molecule has 6 heteroatoms.